The van der Waals surface area contributed by atoms with Crippen molar-refractivity contribution in [3.05, 3.63) is 24.2 Å². The van der Waals surface area contributed by atoms with Gasteiger partial charge in [0.15, 0.2) is 5.82 Å². The molecule has 2 aromatic rings. The molecule has 0 bridgehead atoms. The molecule has 1 atom stereocenters. The van der Waals surface area contributed by atoms with E-state index in [0.717, 1.165) is 30.1 Å². The molecule has 0 aromatic carbocycles. The Hall–Kier alpha value is -1.62. The van der Waals surface area contributed by atoms with Gasteiger partial charge in [-0.25, -0.2) is 9.50 Å². The van der Waals surface area contributed by atoms with Crippen LogP contribution in [0.3, 0.4) is 0 Å². The lowest BCUT2D eigenvalue weighted by Crippen LogP contribution is -2.44. The van der Waals surface area contributed by atoms with E-state index in [1.165, 1.54) is 12.8 Å². The van der Waals surface area contributed by atoms with E-state index in [-0.39, 0.29) is 0 Å². The molecule has 1 fully saturated rings. The van der Waals surface area contributed by atoms with Gasteiger partial charge in [-0.15, -0.1) is 0 Å². The SMILES string of the molecule is CNC1CCCN(c2nccn3nc(C)cc23)C1. The monoisotopic (exact) mass is 245 g/mol. The molecule has 3 rings (SSSR count). The maximum Gasteiger partial charge on any atom is 0.154 e. The average Bonchev–Trinajstić information content (AvgIpc) is 2.78. The number of nitrogens with one attached hydrogen (secondary N) is 1. The zero-order valence-corrected chi connectivity index (χ0v) is 10.9. The molecule has 18 heavy (non-hydrogen) atoms. The van der Waals surface area contributed by atoms with Crippen molar-refractivity contribution in [1.82, 2.24) is 19.9 Å². The van der Waals surface area contributed by atoms with Crippen molar-refractivity contribution >= 4 is 11.3 Å². The van der Waals surface area contributed by atoms with Crippen LogP contribution in [0.1, 0.15) is 18.5 Å². The molecule has 1 N–H and O–H groups in total. The Kier molecular flexibility index (Phi) is 2.91. The van der Waals surface area contributed by atoms with Gasteiger partial charge < -0.3 is 10.2 Å². The molecular weight excluding hydrogens is 226 g/mol. The van der Waals surface area contributed by atoms with Crippen molar-refractivity contribution < 1.29 is 0 Å². The van der Waals surface area contributed by atoms with E-state index >= 15 is 0 Å². The van der Waals surface area contributed by atoms with E-state index in [9.17, 15) is 0 Å². The average molecular weight is 245 g/mol. The van der Waals surface area contributed by atoms with Gasteiger partial charge >= 0.3 is 0 Å². The topological polar surface area (TPSA) is 45.5 Å². The zero-order chi connectivity index (χ0) is 12.5. The molecule has 1 aliphatic heterocycles. The highest BCUT2D eigenvalue weighted by Crippen LogP contribution is 2.23. The number of likely N-dealkylation sites (N-methyl/N-ethyl adjacent to an activating group) is 1. The summed E-state index contributed by atoms with van der Waals surface area (Å²) >= 11 is 0. The molecule has 3 heterocycles. The van der Waals surface area contributed by atoms with E-state index in [4.69, 9.17) is 0 Å². The highest BCUT2D eigenvalue weighted by molar-refractivity contribution is 5.69. The molecule has 0 amide bonds. The molecule has 1 saturated heterocycles. The van der Waals surface area contributed by atoms with Gasteiger partial charge in [0.2, 0.25) is 0 Å². The second-order valence-electron chi connectivity index (χ2n) is 4.94. The van der Waals surface area contributed by atoms with E-state index < -0.39 is 0 Å². The van der Waals surface area contributed by atoms with Gasteiger partial charge in [-0.1, -0.05) is 0 Å². The molecule has 96 valence electrons. The molecule has 5 nitrogen and oxygen atoms in total. The molecule has 0 saturated carbocycles. The van der Waals surface area contributed by atoms with E-state index in [0.29, 0.717) is 6.04 Å². The minimum Gasteiger partial charge on any atom is -0.353 e. The van der Waals surface area contributed by atoms with Crippen LogP contribution < -0.4 is 10.2 Å². The molecule has 1 aliphatic rings. The molecule has 1 unspecified atom stereocenters. The summed E-state index contributed by atoms with van der Waals surface area (Å²) < 4.78 is 1.92. The summed E-state index contributed by atoms with van der Waals surface area (Å²) in [4.78, 5) is 6.91. The van der Waals surface area contributed by atoms with Gasteiger partial charge in [0.05, 0.1) is 5.69 Å². The number of anilines is 1. The van der Waals surface area contributed by atoms with Gasteiger partial charge in [0, 0.05) is 31.5 Å². The van der Waals surface area contributed by atoms with Crippen molar-refractivity contribution in [3.63, 3.8) is 0 Å². The maximum atomic E-state index is 4.55. The summed E-state index contributed by atoms with van der Waals surface area (Å²) in [6.45, 7) is 4.12. The Morgan fingerprint density at radius 3 is 3.17 bits per heavy atom. The number of hydrogen-bond donors (Lipinski definition) is 1. The third kappa shape index (κ3) is 1.95. The Morgan fingerprint density at radius 1 is 1.44 bits per heavy atom. The van der Waals surface area contributed by atoms with Gasteiger partial charge in [0.25, 0.3) is 0 Å². The number of fused-ring (bicyclic) bond motifs is 1. The quantitative estimate of drug-likeness (QED) is 0.864. The van der Waals surface area contributed by atoms with Crippen molar-refractivity contribution in [2.24, 2.45) is 0 Å². The van der Waals surface area contributed by atoms with Crippen LogP contribution >= 0.6 is 0 Å². The third-order valence-electron chi connectivity index (χ3n) is 3.62. The second-order valence-corrected chi connectivity index (χ2v) is 4.94. The summed E-state index contributed by atoms with van der Waals surface area (Å²) in [5.41, 5.74) is 2.14. The fraction of sp³-hybridized carbons (Fsp3) is 0.538. The number of hydrogen-bond acceptors (Lipinski definition) is 4. The van der Waals surface area contributed by atoms with Crippen LogP contribution in [0, 0.1) is 6.92 Å². The zero-order valence-electron chi connectivity index (χ0n) is 10.9. The first-order valence-corrected chi connectivity index (χ1v) is 6.51. The predicted molar refractivity (Wildman–Crippen MR) is 72.0 cm³/mol. The van der Waals surface area contributed by atoms with Crippen LogP contribution in [0.5, 0.6) is 0 Å². The van der Waals surface area contributed by atoms with Crippen LogP contribution in [0.2, 0.25) is 0 Å². The van der Waals surface area contributed by atoms with Gasteiger partial charge in [-0.05, 0) is 32.9 Å². The van der Waals surface area contributed by atoms with Gasteiger partial charge in [-0.3, -0.25) is 0 Å². The second kappa shape index (κ2) is 4.57. The summed E-state index contributed by atoms with van der Waals surface area (Å²) in [5, 5.41) is 7.81. The van der Waals surface area contributed by atoms with E-state index in [1.54, 1.807) is 0 Å². The molecular formula is C13H19N5. The first-order valence-electron chi connectivity index (χ1n) is 6.51. The fourth-order valence-corrected chi connectivity index (χ4v) is 2.68. The predicted octanol–water partition coefficient (Wildman–Crippen LogP) is 1.23. The third-order valence-corrected chi connectivity index (χ3v) is 3.62. The maximum absolute atomic E-state index is 4.55. The van der Waals surface area contributed by atoms with Gasteiger partial charge in [0.1, 0.15) is 5.52 Å². The highest BCUT2D eigenvalue weighted by atomic mass is 15.3. The summed E-state index contributed by atoms with van der Waals surface area (Å²) in [5.74, 6) is 1.05. The summed E-state index contributed by atoms with van der Waals surface area (Å²) in [7, 11) is 2.03. The minimum absolute atomic E-state index is 0.560. The van der Waals surface area contributed by atoms with Crippen molar-refractivity contribution in [3.8, 4) is 0 Å². The van der Waals surface area contributed by atoms with Crippen LogP contribution in [0.4, 0.5) is 5.82 Å². The van der Waals surface area contributed by atoms with E-state index in [2.05, 4.69) is 26.4 Å². The highest BCUT2D eigenvalue weighted by Gasteiger charge is 2.21. The van der Waals surface area contributed by atoms with E-state index in [1.807, 2.05) is 30.9 Å². The number of rotatable bonds is 2. The first kappa shape index (κ1) is 11.5. The number of piperidine rings is 1. The van der Waals surface area contributed by atoms with Crippen molar-refractivity contribution in [2.75, 3.05) is 25.0 Å². The standard InChI is InChI=1S/C13H19N5/c1-10-8-12-13(15-5-7-18(12)16-10)17-6-3-4-11(9-17)14-2/h5,7-8,11,14H,3-4,6,9H2,1-2H3. The fourth-order valence-electron chi connectivity index (χ4n) is 2.68. The minimum atomic E-state index is 0.560. The Bertz CT molecular complexity index is 547. The Labute approximate surface area is 107 Å². The largest absolute Gasteiger partial charge is 0.353 e. The molecule has 0 spiro atoms. The molecule has 0 aliphatic carbocycles. The summed E-state index contributed by atoms with van der Waals surface area (Å²) in [6.07, 6.45) is 6.19. The lowest BCUT2D eigenvalue weighted by molar-refractivity contribution is 0.448. The molecule has 5 heteroatoms. The Balaban J connectivity index is 1.98. The normalized spacial score (nSPS) is 20.6. The lowest BCUT2D eigenvalue weighted by Gasteiger charge is -2.33. The summed E-state index contributed by atoms with van der Waals surface area (Å²) in [6, 6.07) is 2.66. The van der Waals surface area contributed by atoms with Crippen molar-refractivity contribution in [1.29, 1.82) is 0 Å². The van der Waals surface area contributed by atoms with Crippen LogP contribution in [-0.2, 0) is 0 Å². The van der Waals surface area contributed by atoms with Crippen molar-refractivity contribution in [2.45, 2.75) is 25.8 Å². The van der Waals surface area contributed by atoms with Crippen LogP contribution in [0.15, 0.2) is 18.5 Å². The number of aromatic nitrogens is 3. The number of nitrogens with zero attached hydrogens (tertiary/aromatic N) is 4. The first-order chi connectivity index (χ1) is 8.78. The molecule has 0 radical (unpaired) electrons. The Morgan fingerprint density at radius 2 is 2.33 bits per heavy atom. The number of aryl methyl sites for hydroxylation is 1. The smallest absolute Gasteiger partial charge is 0.154 e. The lowest BCUT2D eigenvalue weighted by atomic mass is 10.1. The molecule has 2 aromatic heterocycles. The van der Waals surface area contributed by atoms with Crippen LogP contribution in [0.25, 0.3) is 5.52 Å². The van der Waals surface area contributed by atoms with Crippen LogP contribution in [-0.4, -0.2) is 40.8 Å². The van der Waals surface area contributed by atoms with Gasteiger partial charge in [-0.2, -0.15) is 5.10 Å².